The molecule has 2 unspecified atom stereocenters. The number of halogens is 1. The number of nitrogens with one attached hydrogen (secondary N) is 2. The number of likely N-dealkylation sites (tertiary alicyclic amines) is 1. The summed E-state index contributed by atoms with van der Waals surface area (Å²) < 4.78 is 0.930. The van der Waals surface area contributed by atoms with Gasteiger partial charge in [-0.2, -0.15) is 0 Å². The first-order valence-corrected chi connectivity index (χ1v) is 6.90. The summed E-state index contributed by atoms with van der Waals surface area (Å²) in [6, 6.07) is 2.24. The van der Waals surface area contributed by atoms with Gasteiger partial charge in [-0.1, -0.05) is 0 Å². The highest BCUT2D eigenvalue weighted by Gasteiger charge is 2.37. The first-order chi connectivity index (χ1) is 8.25. The molecule has 2 aliphatic heterocycles. The fourth-order valence-electron chi connectivity index (χ4n) is 2.97. The fourth-order valence-corrected chi connectivity index (χ4v) is 3.31. The first-order valence-electron chi connectivity index (χ1n) is 6.11. The predicted octanol–water partition coefficient (Wildman–Crippen LogP) is 1.60. The normalized spacial score (nSPS) is 28.2. The van der Waals surface area contributed by atoms with E-state index in [1.54, 1.807) is 0 Å². The Morgan fingerprint density at radius 1 is 1.47 bits per heavy atom. The minimum atomic E-state index is 0.133. The summed E-state index contributed by atoms with van der Waals surface area (Å²) in [5, 5.41) is 3.39. The van der Waals surface area contributed by atoms with Crippen molar-refractivity contribution in [2.45, 2.75) is 18.9 Å². The van der Waals surface area contributed by atoms with Crippen molar-refractivity contribution in [2.24, 2.45) is 5.92 Å². The van der Waals surface area contributed by atoms with E-state index in [0.29, 0.717) is 17.7 Å². The molecule has 2 saturated heterocycles. The quantitative estimate of drug-likeness (QED) is 0.827. The highest BCUT2D eigenvalue weighted by atomic mass is 79.9. The van der Waals surface area contributed by atoms with Crippen molar-refractivity contribution in [3.8, 4) is 0 Å². The number of nitrogens with zero attached hydrogens (tertiary/aromatic N) is 1. The Labute approximate surface area is 109 Å². The molecule has 1 aromatic rings. The number of piperidine rings is 1. The lowest BCUT2D eigenvalue weighted by molar-refractivity contribution is 0.0569. The van der Waals surface area contributed by atoms with Crippen LogP contribution >= 0.6 is 15.9 Å². The summed E-state index contributed by atoms with van der Waals surface area (Å²) in [7, 11) is 0. The Morgan fingerprint density at radius 3 is 3.12 bits per heavy atom. The van der Waals surface area contributed by atoms with E-state index in [9.17, 15) is 4.79 Å². The third-order valence-electron chi connectivity index (χ3n) is 3.82. The third kappa shape index (κ3) is 2.02. The van der Waals surface area contributed by atoms with Crippen molar-refractivity contribution in [3.63, 3.8) is 0 Å². The second-order valence-electron chi connectivity index (χ2n) is 4.86. The van der Waals surface area contributed by atoms with Crippen LogP contribution in [0, 0.1) is 5.92 Å². The van der Waals surface area contributed by atoms with Gasteiger partial charge in [0.15, 0.2) is 0 Å². The molecule has 4 nitrogen and oxygen atoms in total. The van der Waals surface area contributed by atoms with Crippen LogP contribution in [0.15, 0.2) is 16.7 Å². The van der Waals surface area contributed by atoms with Crippen LogP contribution in [0.5, 0.6) is 0 Å². The number of aromatic amines is 1. The van der Waals surface area contributed by atoms with Gasteiger partial charge in [0.1, 0.15) is 5.69 Å². The molecule has 5 heteroatoms. The lowest BCUT2D eigenvalue weighted by Crippen LogP contribution is -2.48. The second-order valence-corrected chi connectivity index (χ2v) is 5.77. The van der Waals surface area contributed by atoms with Gasteiger partial charge in [0.05, 0.1) is 0 Å². The molecule has 0 saturated carbocycles. The largest absolute Gasteiger partial charge is 0.356 e. The van der Waals surface area contributed by atoms with Crippen molar-refractivity contribution in [2.75, 3.05) is 19.6 Å². The van der Waals surface area contributed by atoms with E-state index in [1.165, 1.54) is 6.42 Å². The highest BCUT2D eigenvalue weighted by Crippen LogP contribution is 2.27. The van der Waals surface area contributed by atoms with Crippen LogP contribution in [-0.2, 0) is 0 Å². The average Bonchev–Trinajstić information content (AvgIpc) is 2.95. The molecule has 2 fully saturated rings. The average molecular weight is 298 g/mol. The number of aromatic nitrogens is 1. The molecule has 0 aliphatic carbocycles. The van der Waals surface area contributed by atoms with Gasteiger partial charge in [0.25, 0.3) is 5.91 Å². The van der Waals surface area contributed by atoms with Crippen LogP contribution < -0.4 is 5.32 Å². The molecular formula is C12H16BrN3O. The van der Waals surface area contributed by atoms with Crippen molar-refractivity contribution >= 4 is 21.8 Å². The van der Waals surface area contributed by atoms with Crippen molar-refractivity contribution < 1.29 is 4.79 Å². The summed E-state index contributed by atoms with van der Waals surface area (Å²) in [5.41, 5.74) is 0.685. The van der Waals surface area contributed by atoms with Gasteiger partial charge >= 0.3 is 0 Å². The van der Waals surface area contributed by atoms with Gasteiger partial charge in [-0.05, 0) is 40.8 Å². The number of hydrogen-bond donors (Lipinski definition) is 2. The van der Waals surface area contributed by atoms with Crippen LogP contribution in [0.4, 0.5) is 0 Å². The molecule has 1 aromatic heterocycles. The molecule has 0 radical (unpaired) electrons. The number of carbonyl (C=O) groups excluding carboxylic acids is 1. The number of amides is 1. The van der Waals surface area contributed by atoms with Crippen LogP contribution in [0.3, 0.4) is 0 Å². The summed E-state index contributed by atoms with van der Waals surface area (Å²) >= 11 is 3.37. The number of rotatable bonds is 1. The summed E-state index contributed by atoms with van der Waals surface area (Å²) in [6.45, 7) is 2.89. The predicted molar refractivity (Wildman–Crippen MR) is 68.9 cm³/mol. The number of fused-ring (bicyclic) bond motifs is 1. The van der Waals surface area contributed by atoms with Crippen molar-refractivity contribution in [3.05, 3.63) is 22.4 Å². The molecule has 3 rings (SSSR count). The fraction of sp³-hybridized carbons (Fsp3) is 0.583. The maximum absolute atomic E-state index is 12.4. The summed E-state index contributed by atoms with van der Waals surface area (Å²) in [4.78, 5) is 17.5. The molecular weight excluding hydrogens is 282 g/mol. The molecule has 0 bridgehead atoms. The second kappa shape index (κ2) is 4.46. The van der Waals surface area contributed by atoms with Gasteiger partial charge in [-0.3, -0.25) is 4.79 Å². The van der Waals surface area contributed by atoms with Gasteiger partial charge < -0.3 is 15.2 Å². The maximum Gasteiger partial charge on any atom is 0.270 e. The molecule has 1 amide bonds. The summed E-state index contributed by atoms with van der Waals surface area (Å²) in [6.07, 6.45) is 4.17. The van der Waals surface area contributed by atoms with E-state index in [4.69, 9.17) is 0 Å². The Morgan fingerprint density at radius 2 is 2.35 bits per heavy atom. The molecule has 92 valence electrons. The minimum absolute atomic E-state index is 0.133. The van der Waals surface area contributed by atoms with Crippen LogP contribution in [0.2, 0.25) is 0 Å². The zero-order chi connectivity index (χ0) is 11.8. The Kier molecular flexibility index (Phi) is 2.96. The monoisotopic (exact) mass is 297 g/mol. The molecule has 3 heterocycles. The van der Waals surface area contributed by atoms with Crippen LogP contribution in [0.1, 0.15) is 23.3 Å². The Hall–Kier alpha value is -0.810. The molecule has 2 aliphatic rings. The lowest BCUT2D eigenvalue weighted by atomic mass is 9.92. The van der Waals surface area contributed by atoms with Crippen LogP contribution in [0.25, 0.3) is 0 Å². The number of H-pyrrole nitrogens is 1. The van der Waals surface area contributed by atoms with Gasteiger partial charge in [-0.25, -0.2) is 0 Å². The molecule has 2 N–H and O–H groups in total. The standard InChI is InChI=1S/C12H16BrN3O/c13-9-4-10(15-6-9)12(17)16-3-1-2-8-5-14-7-11(8)16/h4,6,8,11,14-15H,1-3,5,7H2. The summed E-state index contributed by atoms with van der Waals surface area (Å²) in [5.74, 6) is 0.778. The first kappa shape index (κ1) is 11.3. The van der Waals surface area contributed by atoms with E-state index < -0.39 is 0 Å². The zero-order valence-corrected chi connectivity index (χ0v) is 11.2. The topological polar surface area (TPSA) is 48.1 Å². The van der Waals surface area contributed by atoms with E-state index in [0.717, 1.165) is 30.5 Å². The zero-order valence-electron chi connectivity index (χ0n) is 9.58. The SMILES string of the molecule is O=C(c1cc(Br)c[nH]1)N1CCCC2CNCC21. The molecule has 0 aromatic carbocycles. The molecule has 0 spiro atoms. The van der Waals surface area contributed by atoms with Gasteiger partial charge in [0.2, 0.25) is 0 Å². The molecule has 2 atom stereocenters. The lowest BCUT2D eigenvalue weighted by Gasteiger charge is -2.36. The van der Waals surface area contributed by atoms with E-state index in [2.05, 4.69) is 26.2 Å². The number of carbonyl (C=O) groups is 1. The molecule has 17 heavy (non-hydrogen) atoms. The van der Waals surface area contributed by atoms with E-state index in [1.807, 2.05) is 17.2 Å². The Bertz CT molecular complexity index is 431. The maximum atomic E-state index is 12.4. The highest BCUT2D eigenvalue weighted by molar-refractivity contribution is 9.10. The van der Waals surface area contributed by atoms with E-state index >= 15 is 0 Å². The van der Waals surface area contributed by atoms with Gasteiger partial charge in [-0.15, -0.1) is 0 Å². The smallest absolute Gasteiger partial charge is 0.270 e. The van der Waals surface area contributed by atoms with Crippen molar-refractivity contribution in [1.82, 2.24) is 15.2 Å². The third-order valence-corrected chi connectivity index (χ3v) is 4.28. The van der Waals surface area contributed by atoms with Gasteiger partial charge in [0, 0.05) is 36.3 Å². The van der Waals surface area contributed by atoms with E-state index in [-0.39, 0.29) is 5.91 Å². The minimum Gasteiger partial charge on any atom is -0.356 e. The Balaban J connectivity index is 1.81. The van der Waals surface area contributed by atoms with Crippen LogP contribution in [-0.4, -0.2) is 41.5 Å². The van der Waals surface area contributed by atoms with Crippen molar-refractivity contribution in [1.29, 1.82) is 0 Å². The number of hydrogen-bond acceptors (Lipinski definition) is 2.